The van der Waals surface area contributed by atoms with Gasteiger partial charge >= 0.3 is 23.3 Å². The van der Waals surface area contributed by atoms with E-state index >= 15 is 0 Å². The van der Waals surface area contributed by atoms with E-state index < -0.39 is 69.2 Å². The molecule has 2 N–H and O–H groups in total. The Balaban J connectivity index is 0.000000226. The molecule has 1 aliphatic heterocycles. The first-order chi connectivity index (χ1) is 36.4. The fourth-order valence-electron chi connectivity index (χ4n) is 6.88. The van der Waals surface area contributed by atoms with Gasteiger partial charge in [0.1, 0.15) is 11.8 Å². The van der Waals surface area contributed by atoms with Gasteiger partial charge < -0.3 is 0 Å². The molecule has 0 aliphatic carbocycles. The minimum absolute atomic E-state index is 0.00597. The predicted octanol–water partition coefficient (Wildman–Crippen LogP) is 10.4. The van der Waals surface area contributed by atoms with Gasteiger partial charge in [-0.2, -0.15) is 39.5 Å². The van der Waals surface area contributed by atoms with Gasteiger partial charge in [-0.05, 0) is 120 Å². The molecule has 1 saturated heterocycles. The van der Waals surface area contributed by atoms with Gasteiger partial charge in [0.15, 0.2) is 29.4 Å². The number of benzene rings is 6. The van der Waals surface area contributed by atoms with E-state index in [1.54, 1.807) is 9.03 Å². The third-order valence-electron chi connectivity index (χ3n) is 10.4. The van der Waals surface area contributed by atoms with Crippen LogP contribution in [0.25, 0.3) is 0 Å². The van der Waals surface area contributed by atoms with Crippen LogP contribution < -0.4 is 8.25 Å². The summed E-state index contributed by atoms with van der Waals surface area (Å²) in [6.45, 7) is 2.83. The predicted molar refractivity (Wildman–Crippen MR) is 285 cm³/mol. The summed E-state index contributed by atoms with van der Waals surface area (Å²) in [7, 11) is -18.1. The minimum atomic E-state index is -7.50. The van der Waals surface area contributed by atoms with Gasteiger partial charge in [0, 0.05) is 0 Å². The summed E-state index contributed by atoms with van der Waals surface area (Å²) < 4.78 is 205. The second-order valence-corrected chi connectivity index (χ2v) is 28.7. The zero-order valence-electron chi connectivity index (χ0n) is 42.0. The molecule has 7 rings (SSSR count). The lowest BCUT2D eigenvalue weighted by molar-refractivity contribution is -0.382. The molecular formula is C51H57F9N4O8S6+2. The molecule has 1 fully saturated rings. The Bertz CT molecular complexity index is 2910. The highest BCUT2D eigenvalue weighted by atomic mass is 32.3. The standard InChI is InChI=1S/2C18H15S.C8H18N2O4S2.C7H9F9N2O4S2/c2*1-4-10-16(11-5-1)19(17-12-6-2-7-13-17)18-14-8-3-9-15-18;1-2-15(11,12)9-16(13,14)8-10-6-4-3-5-7-10;1-18(2)3-23(19,20)17-24(21,22)7(15,16)5(10,11)4(8,9)6(12,13)14/h2*1-15H;9H,2-8H2,1H3;17H,3H2,1-2H3/q2*+1;;. The Kier molecular flexibility index (Phi) is 23.9. The van der Waals surface area contributed by atoms with Crippen LogP contribution in [0.2, 0.25) is 0 Å². The highest BCUT2D eigenvalue weighted by molar-refractivity contribution is 8.05. The van der Waals surface area contributed by atoms with E-state index in [1.807, 2.05) is 0 Å². The van der Waals surface area contributed by atoms with Crippen LogP contribution in [-0.2, 0) is 61.9 Å². The Morgan fingerprint density at radius 2 is 0.731 bits per heavy atom. The number of nitrogens with zero attached hydrogens (tertiary/aromatic N) is 2. The number of nitrogens with one attached hydrogen (secondary N) is 2. The topological polar surface area (TPSA) is 167 Å². The molecule has 27 heteroatoms. The van der Waals surface area contributed by atoms with Gasteiger partial charge in [0.2, 0.25) is 30.1 Å². The zero-order valence-corrected chi connectivity index (χ0v) is 46.9. The normalized spacial score (nSPS) is 14.1. The number of halogens is 9. The lowest BCUT2D eigenvalue weighted by Gasteiger charge is -2.32. The molecule has 0 aromatic heterocycles. The summed E-state index contributed by atoms with van der Waals surface area (Å²) in [5.41, 5.74) is 0. The fraction of sp³-hybridized carbons (Fsp3) is 0.294. The van der Waals surface area contributed by atoms with Crippen molar-refractivity contribution < 1.29 is 73.2 Å². The van der Waals surface area contributed by atoms with Crippen LogP contribution in [0.15, 0.2) is 211 Å². The average molecular weight is 1220 g/mol. The number of alkyl halides is 9. The zero-order chi connectivity index (χ0) is 58.1. The molecule has 6 aromatic carbocycles. The summed E-state index contributed by atoms with van der Waals surface area (Å²) in [5, 5.41) is -7.11. The third-order valence-corrected chi connectivity index (χ3v) is 22.1. The van der Waals surface area contributed by atoms with Crippen LogP contribution >= 0.6 is 0 Å². The van der Waals surface area contributed by atoms with Gasteiger partial charge in [0.25, 0.3) is 10.0 Å². The molecule has 6 aromatic rings. The Morgan fingerprint density at radius 1 is 0.436 bits per heavy atom. The van der Waals surface area contributed by atoms with Crippen molar-refractivity contribution in [3.05, 3.63) is 182 Å². The minimum Gasteiger partial charge on any atom is -0.295 e. The third kappa shape index (κ3) is 18.8. The van der Waals surface area contributed by atoms with Crippen LogP contribution in [0.5, 0.6) is 0 Å². The van der Waals surface area contributed by atoms with Gasteiger partial charge in [0.05, 0.1) is 27.5 Å². The van der Waals surface area contributed by atoms with E-state index in [0.29, 0.717) is 18.0 Å². The monoisotopic (exact) mass is 1220 g/mol. The number of sulfonamides is 4. The smallest absolute Gasteiger partial charge is 0.295 e. The molecule has 0 amide bonds. The van der Waals surface area contributed by atoms with Crippen LogP contribution in [0, 0.1) is 0 Å². The molecule has 78 heavy (non-hydrogen) atoms. The summed E-state index contributed by atoms with van der Waals surface area (Å²) in [6, 6.07) is 64.3. The van der Waals surface area contributed by atoms with Crippen molar-refractivity contribution in [1.82, 2.24) is 18.1 Å². The first-order valence-electron chi connectivity index (χ1n) is 23.2. The summed E-state index contributed by atoms with van der Waals surface area (Å²) in [5.74, 6) is -16.8. The summed E-state index contributed by atoms with van der Waals surface area (Å²) in [4.78, 5) is 10.6. The number of likely N-dealkylation sites (tertiary alicyclic amines) is 1. The summed E-state index contributed by atoms with van der Waals surface area (Å²) in [6.07, 6.45) is -4.19. The Morgan fingerprint density at radius 3 is 0.987 bits per heavy atom. The molecule has 0 atom stereocenters. The maximum absolute atomic E-state index is 13.2. The van der Waals surface area contributed by atoms with Crippen molar-refractivity contribution in [3.8, 4) is 0 Å². The maximum Gasteiger partial charge on any atom is 0.460 e. The van der Waals surface area contributed by atoms with E-state index in [-0.39, 0.29) is 37.5 Å². The van der Waals surface area contributed by atoms with Crippen LogP contribution in [0.3, 0.4) is 0 Å². The quantitative estimate of drug-likeness (QED) is 0.0625. The molecule has 12 nitrogen and oxygen atoms in total. The van der Waals surface area contributed by atoms with E-state index in [0.717, 1.165) is 33.4 Å². The molecule has 426 valence electrons. The van der Waals surface area contributed by atoms with E-state index in [2.05, 4.69) is 182 Å². The van der Waals surface area contributed by atoms with E-state index in [9.17, 15) is 73.2 Å². The first-order valence-corrected chi connectivity index (χ1v) is 32.1. The van der Waals surface area contributed by atoms with E-state index in [1.165, 1.54) is 36.3 Å². The molecule has 0 bridgehead atoms. The van der Waals surface area contributed by atoms with Crippen molar-refractivity contribution >= 4 is 61.9 Å². The molecule has 0 unspecified atom stereocenters. The summed E-state index contributed by atoms with van der Waals surface area (Å²) >= 11 is 0. The second kappa shape index (κ2) is 28.4. The van der Waals surface area contributed by atoms with Crippen molar-refractivity contribution in [1.29, 1.82) is 0 Å². The molecule has 0 saturated carbocycles. The molecule has 1 aliphatic rings. The van der Waals surface area contributed by atoms with Crippen molar-refractivity contribution in [2.75, 3.05) is 44.7 Å². The largest absolute Gasteiger partial charge is 0.460 e. The van der Waals surface area contributed by atoms with Gasteiger partial charge in [-0.3, -0.25) is 9.80 Å². The van der Waals surface area contributed by atoms with Crippen molar-refractivity contribution in [2.45, 2.75) is 78.8 Å². The maximum atomic E-state index is 13.2. The highest BCUT2D eigenvalue weighted by Gasteiger charge is 2.85. The van der Waals surface area contributed by atoms with Crippen molar-refractivity contribution in [2.24, 2.45) is 0 Å². The Hall–Kier alpha value is -4.97. The van der Waals surface area contributed by atoms with Gasteiger partial charge in [-0.15, -0.1) is 8.25 Å². The average Bonchev–Trinajstić information content (AvgIpc) is 3.38. The molecule has 0 spiro atoms. The Labute approximate surface area is 456 Å². The molecule has 1 heterocycles. The lowest BCUT2D eigenvalue weighted by atomic mass is 10.1. The highest BCUT2D eigenvalue weighted by Crippen LogP contribution is 2.54. The SMILES string of the molecule is CCS(=O)(=O)NS(=O)(=O)CN1CCCCC1.CN(C)CS(=O)(=O)NS(=O)(=O)C(F)(F)C(F)(F)C(F)(F)C(F)(F)F.c1ccc([S+](c2ccccc2)c2ccccc2)cc1.c1ccc([S+](c2ccccc2)c2ccccc2)cc1. The lowest BCUT2D eigenvalue weighted by Crippen LogP contribution is -2.65. The van der Waals surface area contributed by atoms with Crippen LogP contribution in [0.4, 0.5) is 39.5 Å². The second-order valence-electron chi connectivity index (χ2n) is 17.0. The van der Waals surface area contributed by atoms with Crippen molar-refractivity contribution in [3.63, 3.8) is 0 Å². The number of piperidine rings is 1. The number of hydrogen-bond acceptors (Lipinski definition) is 10. The van der Waals surface area contributed by atoms with Gasteiger partial charge in [-0.25, -0.2) is 33.7 Å². The first kappa shape index (κ1) is 65.5. The van der Waals surface area contributed by atoms with Gasteiger partial charge in [-0.1, -0.05) is 116 Å². The molecule has 0 radical (unpaired) electrons. The fourth-order valence-corrected chi connectivity index (χ4v) is 17.2. The van der Waals surface area contributed by atoms with Crippen LogP contribution in [-0.4, -0.2) is 111 Å². The van der Waals surface area contributed by atoms with E-state index in [4.69, 9.17) is 0 Å². The van der Waals surface area contributed by atoms with Crippen LogP contribution in [0.1, 0.15) is 26.2 Å². The number of rotatable bonds is 18. The molecular weight excluding hydrogens is 1160 g/mol. The number of hydrogen-bond donors (Lipinski definition) is 2.